The van der Waals surface area contributed by atoms with Gasteiger partial charge in [0.25, 0.3) is 5.56 Å². The molecule has 20 heavy (non-hydrogen) atoms. The minimum Gasteiger partial charge on any atom is -0.312 e. The molecule has 1 aromatic rings. The lowest BCUT2D eigenvalue weighted by atomic mass is 10.0. The molecule has 5 nitrogen and oxygen atoms in total. The Labute approximate surface area is 119 Å². The number of hydrogen-bond acceptors (Lipinski definition) is 3. The van der Waals surface area contributed by atoms with Gasteiger partial charge in [0.2, 0.25) is 0 Å². The van der Waals surface area contributed by atoms with E-state index in [1.807, 2.05) is 0 Å². The van der Waals surface area contributed by atoms with Crippen molar-refractivity contribution in [2.75, 3.05) is 6.54 Å². The SMILES string of the molecule is Cn1cc(CNCC2C(C)(C)C2(C)C)c(=O)n(C)c1=O. The molecular formula is C15H25N3O2. The van der Waals surface area contributed by atoms with E-state index < -0.39 is 0 Å². The van der Waals surface area contributed by atoms with Gasteiger partial charge >= 0.3 is 5.69 Å². The summed E-state index contributed by atoms with van der Waals surface area (Å²) in [6.07, 6.45) is 1.63. The van der Waals surface area contributed by atoms with E-state index in [-0.39, 0.29) is 11.2 Å². The van der Waals surface area contributed by atoms with E-state index in [4.69, 9.17) is 0 Å². The molecule has 0 unspecified atom stereocenters. The third kappa shape index (κ3) is 2.14. The molecule has 1 aliphatic carbocycles. The van der Waals surface area contributed by atoms with Crippen molar-refractivity contribution < 1.29 is 0 Å². The van der Waals surface area contributed by atoms with Gasteiger partial charge in [0, 0.05) is 32.4 Å². The molecule has 0 atom stereocenters. The number of aromatic nitrogens is 2. The fourth-order valence-corrected chi connectivity index (χ4v) is 3.20. The smallest absolute Gasteiger partial charge is 0.312 e. The number of rotatable bonds is 4. The lowest BCUT2D eigenvalue weighted by molar-refractivity contribution is 0.457. The van der Waals surface area contributed by atoms with Crippen molar-refractivity contribution in [3.8, 4) is 0 Å². The molecule has 0 aliphatic heterocycles. The maximum atomic E-state index is 12.0. The van der Waals surface area contributed by atoms with Crippen LogP contribution in [0.2, 0.25) is 0 Å². The number of nitrogens with zero attached hydrogens (tertiary/aromatic N) is 2. The zero-order valence-corrected chi connectivity index (χ0v) is 13.3. The molecule has 1 saturated carbocycles. The van der Waals surface area contributed by atoms with Gasteiger partial charge in [-0.05, 0) is 23.3 Å². The maximum absolute atomic E-state index is 12.0. The summed E-state index contributed by atoms with van der Waals surface area (Å²) in [7, 11) is 3.18. The zero-order valence-electron chi connectivity index (χ0n) is 13.3. The molecule has 2 rings (SSSR count). The summed E-state index contributed by atoms with van der Waals surface area (Å²) in [5.74, 6) is 0.617. The molecule has 0 aromatic carbocycles. The number of nitrogens with one attached hydrogen (secondary N) is 1. The van der Waals surface area contributed by atoms with Crippen LogP contribution in [0.25, 0.3) is 0 Å². The third-order valence-corrected chi connectivity index (χ3v) is 5.50. The summed E-state index contributed by atoms with van der Waals surface area (Å²) in [5.41, 5.74) is 0.812. The van der Waals surface area contributed by atoms with Crippen LogP contribution in [0.4, 0.5) is 0 Å². The van der Waals surface area contributed by atoms with Gasteiger partial charge in [0.15, 0.2) is 0 Å². The van der Waals surface area contributed by atoms with Crippen molar-refractivity contribution >= 4 is 0 Å². The van der Waals surface area contributed by atoms with Crippen LogP contribution in [0.5, 0.6) is 0 Å². The first-order valence-corrected chi connectivity index (χ1v) is 7.07. The van der Waals surface area contributed by atoms with Crippen LogP contribution in [0.1, 0.15) is 33.3 Å². The Kier molecular flexibility index (Phi) is 3.45. The second kappa shape index (κ2) is 4.58. The van der Waals surface area contributed by atoms with E-state index in [0.29, 0.717) is 28.9 Å². The Hall–Kier alpha value is -1.36. The molecule has 0 amide bonds. The van der Waals surface area contributed by atoms with Gasteiger partial charge in [-0.3, -0.25) is 9.36 Å². The van der Waals surface area contributed by atoms with Crippen molar-refractivity contribution in [3.05, 3.63) is 32.6 Å². The Bertz CT molecular complexity index is 623. The van der Waals surface area contributed by atoms with Crippen LogP contribution >= 0.6 is 0 Å². The highest BCUT2D eigenvalue weighted by atomic mass is 16.2. The van der Waals surface area contributed by atoms with Crippen LogP contribution in [0.15, 0.2) is 15.8 Å². The lowest BCUT2D eigenvalue weighted by Crippen LogP contribution is -2.39. The molecule has 1 aliphatic rings. The van der Waals surface area contributed by atoms with Crippen molar-refractivity contribution in [1.82, 2.24) is 14.5 Å². The highest BCUT2D eigenvalue weighted by Gasteiger charge is 2.63. The predicted octanol–water partition coefficient (Wildman–Crippen LogP) is 0.856. The molecule has 5 heteroatoms. The summed E-state index contributed by atoms with van der Waals surface area (Å²) in [6, 6.07) is 0. The first-order chi connectivity index (χ1) is 9.10. The minimum absolute atomic E-state index is 0.213. The zero-order chi connectivity index (χ0) is 15.3. The summed E-state index contributed by atoms with van der Waals surface area (Å²) in [5, 5.41) is 3.36. The number of aryl methyl sites for hydroxylation is 1. The fourth-order valence-electron chi connectivity index (χ4n) is 3.20. The van der Waals surface area contributed by atoms with E-state index >= 15 is 0 Å². The standard InChI is InChI=1S/C15H25N3O2/c1-14(2)11(15(14,3)4)8-16-7-10-9-17(5)13(20)18(6)12(10)19/h9,11,16H,7-8H2,1-6H3. The van der Waals surface area contributed by atoms with Gasteiger partial charge in [-0.25, -0.2) is 4.79 Å². The van der Waals surface area contributed by atoms with Gasteiger partial charge in [-0.2, -0.15) is 0 Å². The summed E-state index contributed by atoms with van der Waals surface area (Å²) in [4.78, 5) is 23.6. The van der Waals surface area contributed by atoms with Crippen LogP contribution in [0.3, 0.4) is 0 Å². The first-order valence-electron chi connectivity index (χ1n) is 7.07. The van der Waals surface area contributed by atoms with Crippen LogP contribution in [0, 0.1) is 16.7 Å². The predicted molar refractivity (Wildman–Crippen MR) is 79.7 cm³/mol. The van der Waals surface area contributed by atoms with Gasteiger partial charge in [0.05, 0.1) is 0 Å². The Morgan fingerprint density at radius 3 is 2.20 bits per heavy atom. The van der Waals surface area contributed by atoms with Crippen LogP contribution in [-0.2, 0) is 20.6 Å². The molecule has 0 spiro atoms. The minimum atomic E-state index is -0.289. The van der Waals surface area contributed by atoms with Crippen molar-refractivity contribution in [2.45, 2.75) is 34.2 Å². The fraction of sp³-hybridized carbons (Fsp3) is 0.733. The normalized spacial score (nSPS) is 20.1. The molecule has 0 radical (unpaired) electrons. The highest BCUT2D eigenvalue weighted by molar-refractivity contribution is 5.13. The van der Waals surface area contributed by atoms with Crippen LogP contribution < -0.4 is 16.6 Å². The van der Waals surface area contributed by atoms with Gasteiger partial charge < -0.3 is 9.88 Å². The van der Waals surface area contributed by atoms with E-state index in [1.54, 1.807) is 13.2 Å². The average molecular weight is 279 g/mol. The van der Waals surface area contributed by atoms with Gasteiger partial charge in [-0.1, -0.05) is 27.7 Å². The average Bonchev–Trinajstić information content (AvgIpc) is 2.75. The van der Waals surface area contributed by atoms with E-state index in [2.05, 4.69) is 33.0 Å². The number of hydrogen-bond donors (Lipinski definition) is 1. The molecule has 1 N–H and O–H groups in total. The second-order valence-corrected chi connectivity index (χ2v) is 7.04. The van der Waals surface area contributed by atoms with Gasteiger partial charge in [0.1, 0.15) is 0 Å². The Morgan fingerprint density at radius 2 is 1.70 bits per heavy atom. The Balaban J connectivity index is 2.04. The molecule has 0 saturated heterocycles. The summed E-state index contributed by atoms with van der Waals surface area (Å²) >= 11 is 0. The van der Waals surface area contributed by atoms with Crippen molar-refractivity contribution in [3.63, 3.8) is 0 Å². The molecule has 1 aromatic heterocycles. The topological polar surface area (TPSA) is 56.0 Å². The quantitative estimate of drug-likeness (QED) is 0.889. The second-order valence-electron chi connectivity index (χ2n) is 7.04. The molecule has 1 heterocycles. The molecular weight excluding hydrogens is 254 g/mol. The summed E-state index contributed by atoms with van der Waals surface area (Å²) < 4.78 is 2.60. The lowest BCUT2D eigenvalue weighted by Gasteiger charge is -2.08. The monoisotopic (exact) mass is 279 g/mol. The third-order valence-electron chi connectivity index (χ3n) is 5.50. The van der Waals surface area contributed by atoms with E-state index in [0.717, 1.165) is 11.1 Å². The maximum Gasteiger partial charge on any atom is 0.330 e. The largest absolute Gasteiger partial charge is 0.330 e. The Morgan fingerprint density at radius 1 is 1.15 bits per heavy atom. The molecule has 112 valence electrons. The highest BCUT2D eigenvalue weighted by Crippen LogP contribution is 2.67. The summed E-state index contributed by atoms with van der Waals surface area (Å²) in [6.45, 7) is 10.5. The van der Waals surface area contributed by atoms with Crippen molar-refractivity contribution in [1.29, 1.82) is 0 Å². The first kappa shape index (κ1) is 15.0. The van der Waals surface area contributed by atoms with Crippen LogP contribution in [-0.4, -0.2) is 15.7 Å². The van der Waals surface area contributed by atoms with Gasteiger partial charge in [-0.15, -0.1) is 0 Å². The molecule has 0 bridgehead atoms. The molecule has 1 fully saturated rings. The van der Waals surface area contributed by atoms with Crippen molar-refractivity contribution in [2.24, 2.45) is 30.8 Å². The van der Waals surface area contributed by atoms with E-state index in [1.165, 1.54) is 11.6 Å². The van der Waals surface area contributed by atoms with E-state index in [9.17, 15) is 9.59 Å².